The predicted molar refractivity (Wildman–Crippen MR) is 81.6 cm³/mol. The first-order valence-electron chi connectivity index (χ1n) is 6.43. The third-order valence-electron chi connectivity index (χ3n) is 3.07. The number of pyridine rings is 1. The Bertz CT molecular complexity index is 495. The summed E-state index contributed by atoms with van der Waals surface area (Å²) >= 11 is 0. The minimum Gasteiger partial charge on any atom is -0.383 e. The monoisotopic (exact) mass is 314 g/mol. The topological polar surface area (TPSA) is 97.5 Å². The van der Waals surface area contributed by atoms with E-state index in [2.05, 4.69) is 10.3 Å². The van der Waals surface area contributed by atoms with Crippen LogP contribution in [0.3, 0.4) is 0 Å². The molecule has 2 heterocycles. The van der Waals surface area contributed by atoms with Crippen molar-refractivity contribution in [3.05, 3.63) is 18.3 Å². The minimum absolute atomic E-state index is 0. The number of hydrogen-bond acceptors (Lipinski definition) is 5. The van der Waals surface area contributed by atoms with Gasteiger partial charge in [-0.3, -0.25) is 9.59 Å². The van der Waals surface area contributed by atoms with Crippen LogP contribution in [0.2, 0.25) is 0 Å². The molecule has 0 bridgehead atoms. The molecule has 2 amide bonds. The molecule has 3 N–H and O–H groups in total. The van der Waals surface area contributed by atoms with E-state index in [0.717, 1.165) is 12.1 Å². The van der Waals surface area contributed by atoms with E-state index in [1.54, 1.807) is 23.2 Å². The lowest BCUT2D eigenvalue weighted by molar-refractivity contribution is -0.118. The number of nitrogens with zero attached hydrogens (tertiary/aromatic N) is 2. The molecule has 8 heteroatoms. The second-order valence-corrected chi connectivity index (χ2v) is 4.60. The quantitative estimate of drug-likeness (QED) is 0.827. The Hall–Kier alpha value is -1.70. The zero-order valence-corrected chi connectivity index (χ0v) is 12.6. The van der Waals surface area contributed by atoms with Crippen LogP contribution in [0.5, 0.6) is 0 Å². The van der Waals surface area contributed by atoms with E-state index < -0.39 is 6.04 Å². The summed E-state index contributed by atoms with van der Waals surface area (Å²) in [5.74, 6) is 0.145. The number of rotatable bonds is 5. The average Bonchev–Trinajstić information content (AvgIpc) is 2.86. The second kappa shape index (κ2) is 7.92. The molecule has 0 radical (unpaired) electrons. The van der Waals surface area contributed by atoms with Gasteiger partial charge in [0.05, 0.1) is 18.5 Å². The highest BCUT2D eigenvalue weighted by atomic mass is 35.5. The first-order valence-corrected chi connectivity index (χ1v) is 6.43. The summed E-state index contributed by atoms with van der Waals surface area (Å²) in [6.07, 6.45) is 3.01. The molecular formula is C13H19ClN4O3. The fraction of sp³-hybridized carbons (Fsp3) is 0.462. The number of aromatic nitrogens is 1. The molecule has 7 nitrogen and oxygen atoms in total. The molecule has 1 aromatic heterocycles. The molecule has 0 saturated carbocycles. The molecule has 0 aliphatic carbocycles. The number of nitrogens with two attached hydrogens (primary N) is 1. The number of anilines is 2. The lowest BCUT2D eigenvalue weighted by Gasteiger charge is -2.16. The number of carbonyl (C=O) groups excluding carboxylic acids is 2. The van der Waals surface area contributed by atoms with Gasteiger partial charge >= 0.3 is 0 Å². The second-order valence-electron chi connectivity index (χ2n) is 4.60. The van der Waals surface area contributed by atoms with Gasteiger partial charge in [0, 0.05) is 20.1 Å². The van der Waals surface area contributed by atoms with Crippen LogP contribution in [0.15, 0.2) is 18.3 Å². The van der Waals surface area contributed by atoms with Crippen molar-refractivity contribution < 1.29 is 14.3 Å². The van der Waals surface area contributed by atoms with Gasteiger partial charge in [0.2, 0.25) is 11.8 Å². The summed E-state index contributed by atoms with van der Waals surface area (Å²) in [5, 5.41) is 2.60. The van der Waals surface area contributed by atoms with Crippen molar-refractivity contribution in [2.45, 2.75) is 18.9 Å². The summed E-state index contributed by atoms with van der Waals surface area (Å²) in [4.78, 5) is 29.1. The van der Waals surface area contributed by atoms with E-state index in [1.807, 2.05) is 0 Å². The Morgan fingerprint density at radius 3 is 2.86 bits per heavy atom. The van der Waals surface area contributed by atoms with Crippen molar-refractivity contribution in [2.24, 2.45) is 5.73 Å². The van der Waals surface area contributed by atoms with Crippen LogP contribution in [0.1, 0.15) is 12.8 Å². The van der Waals surface area contributed by atoms with Crippen molar-refractivity contribution >= 4 is 35.7 Å². The zero-order valence-electron chi connectivity index (χ0n) is 11.7. The largest absolute Gasteiger partial charge is 0.383 e. The molecule has 1 fully saturated rings. The molecule has 1 saturated heterocycles. The van der Waals surface area contributed by atoms with Gasteiger partial charge in [-0.15, -0.1) is 12.4 Å². The van der Waals surface area contributed by atoms with Crippen molar-refractivity contribution in [3.8, 4) is 0 Å². The SMILES string of the molecule is COCC(N)C(=O)Nc1ccc(N2CCCC2=O)cn1.Cl. The van der Waals surface area contributed by atoms with Gasteiger partial charge in [0.15, 0.2) is 0 Å². The fourth-order valence-electron chi connectivity index (χ4n) is 2.01. The average molecular weight is 315 g/mol. The fourth-order valence-corrected chi connectivity index (χ4v) is 2.01. The number of halogens is 1. The highest BCUT2D eigenvalue weighted by Crippen LogP contribution is 2.21. The Kier molecular flexibility index (Phi) is 6.54. The molecular weight excluding hydrogens is 296 g/mol. The highest BCUT2D eigenvalue weighted by molar-refractivity contribution is 5.96. The van der Waals surface area contributed by atoms with Gasteiger partial charge in [-0.2, -0.15) is 0 Å². The summed E-state index contributed by atoms with van der Waals surface area (Å²) in [7, 11) is 1.48. The van der Waals surface area contributed by atoms with Crippen LogP contribution in [-0.2, 0) is 14.3 Å². The Morgan fingerprint density at radius 1 is 1.57 bits per heavy atom. The molecule has 0 spiro atoms. The van der Waals surface area contributed by atoms with Crippen molar-refractivity contribution in [2.75, 3.05) is 30.5 Å². The molecule has 1 unspecified atom stereocenters. The number of hydrogen-bond donors (Lipinski definition) is 2. The van der Waals surface area contributed by atoms with Crippen molar-refractivity contribution in [3.63, 3.8) is 0 Å². The first-order chi connectivity index (χ1) is 9.61. The van der Waals surface area contributed by atoms with E-state index in [-0.39, 0.29) is 30.8 Å². The maximum atomic E-state index is 11.7. The van der Waals surface area contributed by atoms with E-state index in [9.17, 15) is 9.59 Å². The van der Waals surface area contributed by atoms with Crippen molar-refractivity contribution in [1.29, 1.82) is 0 Å². The van der Waals surface area contributed by atoms with Gasteiger partial charge in [-0.25, -0.2) is 4.98 Å². The summed E-state index contributed by atoms with van der Waals surface area (Å²) in [5.41, 5.74) is 6.35. The minimum atomic E-state index is -0.735. The van der Waals surface area contributed by atoms with Crippen LogP contribution in [0.4, 0.5) is 11.5 Å². The summed E-state index contributed by atoms with van der Waals surface area (Å²) < 4.78 is 4.81. The molecule has 116 valence electrons. The number of ether oxygens (including phenoxy) is 1. The van der Waals surface area contributed by atoms with Gasteiger partial charge in [0.1, 0.15) is 11.9 Å². The maximum Gasteiger partial charge on any atom is 0.244 e. The standard InChI is InChI=1S/C13H18N4O3.ClH/c1-20-8-10(14)13(19)16-11-5-4-9(7-15-11)17-6-2-3-12(17)18;/h4-5,7,10H,2-3,6,8,14H2,1H3,(H,15,16,19);1H. The Balaban J connectivity index is 0.00000220. The van der Waals surface area contributed by atoms with E-state index in [0.29, 0.717) is 18.8 Å². The van der Waals surface area contributed by atoms with Gasteiger partial charge in [-0.05, 0) is 18.6 Å². The normalized spacial score (nSPS) is 15.5. The highest BCUT2D eigenvalue weighted by Gasteiger charge is 2.22. The van der Waals surface area contributed by atoms with Crippen LogP contribution in [0.25, 0.3) is 0 Å². The maximum absolute atomic E-state index is 11.7. The van der Waals surface area contributed by atoms with Crippen LogP contribution < -0.4 is 16.0 Å². The smallest absolute Gasteiger partial charge is 0.244 e. The predicted octanol–water partition coefficient (Wildman–Crippen LogP) is 0.542. The first kappa shape index (κ1) is 17.4. The zero-order chi connectivity index (χ0) is 14.5. The number of methoxy groups -OCH3 is 1. The van der Waals surface area contributed by atoms with Crippen LogP contribution >= 0.6 is 12.4 Å². The van der Waals surface area contributed by atoms with Gasteiger partial charge < -0.3 is 20.7 Å². The summed E-state index contributed by atoms with van der Waals surface area (Å²) in [6, 6.07) is 2.67. The van der Waals surface area contributed by atoms with E-state index in [1.165, 1.54) is 7.11 Å². The third kappa shape index (κ3) is 4.38. The lowest BCUT2D eigenvalue weighted by Crippen LogP contribution is -2.39. The van der Waals surface area contributed by atoms with Crippen LogP contribution in [0, 0.1) is 0 Å². The number of carbonyl (C=O) groups is 2. The molecule has 1 aliphatic heterocycles. The van der Waals surface area contributed by atoms with E-state index in [4.69, 9.17) is 10.5 Å². The number of amides is 2. The molecule has 1 aliphatic rings. The molecule has 1 atom stereocenters. The van der Waals surface area contributed by atoms with Gasteiger partial charge in [-0.1, -0.05) is 0 Å². The Labute approximate surface area is 129 Å². The molecule has 21 heavy (non-hydrogen) atoms. The summed E-state index contributed by atoms with van der Waals surface area (Å²) in [6.45, 7) is 0.858. The molecule has 1 aromatic rings. The van der Waals surface area contributed by atoms with Gasteiger partial charge in [0.25, 0.3) is 0 Å². The molecule has 2 rings (SSSR count). The van der Waals surface area contributed by atoms with E-state index >= 15 is 0 Å². The third-order valence-corrected chi connectivity index (χ3v) is 3.07. The number of nitrogens with one attached hydrogen (secondary N) is 1. The Morgan fingerprint density at radius 2 is 2.33 bits per heavy atom. The van der Waals surface area contributed by atoms with Crippen molar-refractivity contribution in [1.82, 2.24) is 4.98 Å². The molecule has 0 aromatic carbocycles. The van der Waals surface area contributed by atoms with Crippen LogP contribution in [-0.4, -0.2) is 43.1 Å². The lowest BCUT2D eigenvalue weighted by atomic mass is 10.3.